The highest BCUT2D eigenvalue weighted by Gasteiger charge is 2.16. The second kappa shape index (κ2) is 8.12. The van der Waals surface area contributed by atoms with Crippen molar-refractivity contribution >= 4 is 39.1 Å². The third-order valence-corrected chi connectivity index (χ3v) is 4.82. The van der Waals surface area contributed by atoms with Gasteiger partial charge in [0, 0.05) is 9.35 Å². The number of thiophene rings is 1. The molecule has 1 atom stereocenters. The molecule has 1 amide bonds. The summed E-state index contributed by atoms with van der Waals surface area (Å²) >= 11 is 4.84. The summed E-state index contributed by atoms with van der Waals surface area (Å²) in [5.74, 6) is -0.399. The Labute approximate surface area is 146 Å². The Morgan fingerprint density at radius 3 is 2.78 bits per heavy atom. The molecule has 122 valence electrons. The molecule has 1 heterocycles. The molecule has 0 spiro atoms. The van der Waals surface area contributed by atoms with Gasteiger partial charge in [0.2, 0.25) is 0 Å². The number of amides is 1. The van der Waals surface area contributed by atoms with E-state index in [4.69, 9.17) is 9.47 Å². The Morgan fingerprint density at radius 2 is 2.13 bits per heavy atom. The zero-order chi connectivity index (χ0) is 16.8. The van der Waals surface area contributed by atoms with E-state index in [-0.39, 0.29) is 18.6 Å². The third-order valence-electron chi connectivity index (χ3n) is 3.08. The number of hydrogen-bond acceptors (Lipinski definition) is 5. The topological polar surface area (TPSA) is 64.6 Å². The predicted octanol–water partition coefficient (Wildman–Crippen LogP) is 3.55. The maximum Gasteiger partial charge on any atom is 0.339 e. The fourth-order valence-corrected chi connectivity index (χ4v) is 3.03. The zero-order valence-electron chi connectivity index (χ0n) is 12.7. The largest absolute Gasteiger partial charge is 0.497 e. The fourth-order valence-electron chi connectivity index (χ4n) is 1.89. The van der Waals surface area contributed by atoms with E-state index >= 15 is 0 Å². The first-order chi connectivity index (χ1) is 11.0. The molecule has 2 aromatic rings. The molecule has 1 aromatic heterocycles. The first-order valence-corrected chi connectivity index (χ1v) is 8.52. The summed E-state index contributed by atoms with van der Waals surface area (Å²) in [4.78, 5) is 25.0. The molecule has 0 aliphatic rings. The number of methoxy groups -OCH3 is 1. The molecule has 1 aromatic carbocycles. The maximum atomic E-state index is 12.1. The summed E-state index contributed by atoms with van der Waals surface area (Å²) < 4.78 is 10.7. The predicted molar refractivity (Wildman–Crippen MR) is 91.9 cm³/mol. The van der Waals surface area contributed by atoms with Crippen LogP contribution in [0, 0.1) is 0 Å². The van der Waals surface area contributed by atoms with Crippen LogP contribution in [0.15, 0.2) is 40.2 Å². The van der Waals surface area contributed by atoms with Crippen molar-refractivity contribution in [3.05, 3.63) is 50.6 Å². The van der Waals surface area contributed by atoms with E-state index in [0.29, 0.717) is 15.8 Å². The monoisotopic (exact) mass is 397 g/mol. The van der Waals surface area contributed by atoms with E-state index in [9.17, 15) is 9.59 Å². The van der Waals surface area contributed by atoms with Gasteiger partial charge in [0.1, 0.15) is 5.75 Å². The van der Waals surface area contributed by atoms with Gasteiger partial charge < -0.3 is 14.8 Å². The molecular formula is C16H16BrNO4S. The quantitative estimate of drug-likeness (QED) is 0.756. The lowest BCUT2D eigenvalue weighted by Gasteiger charge is -2.12. The molecule has 0 bridgehead atoms. The lowest BCUT2D eigenvalue weighted by atomic mass is 10.2. The highest BCUT2D eigenvalue weighted by Crippen LogP contribution is 2.23. The number of esters is 1. The Kier molecular flexibility index (Phi) is 6.18. The van der Waals surface area contributed by atoms with Crippen molar-refractivity contribution in [3.63, 3.8) is 0 Å². The van der Waals surface area contributed by atoms with Gasteiger partial charge in [0.15, 0.2) is 6.61 Å². The molecule has 0 aliphatic heterocycles. The number of benzene rings is 1. The standard InChI is InChI=1S/C16H16BrNO4S/c1-10(14-4-3-7-23-14)18-15(19)9-22-16(20)12-8-11(21-2)5-6-13(12)17/h3-8,10H,9H2,1-2H3,(H,18,19)/t10-/m1/s1. The van der Waals surface area contributed by atoms with Crippen molar-refractivity contribution in [2.75, 3.05) is 13.7 Å². The van der Waals surface area contributed by atoms with Crippen molar-refractivity contribution < 1.29 is 19.1 Å². The van der Waals surface area contributed by atoms with E-state index in [1.807, 2.05) is 24.4 Å². The van der Waals surface area contributed by atoms with Crippen LogP contribution in [0.4, 0.5) is 0 Å². The smallest absolute Gasteiger partial charge is 0.339 e. The van der Waals surface area contributed by atoms with Crippen molar-refractivity contribution in [2.45, 2.75) is 13.0 Å². The molecule has 0 saturated carbocycles. The van der Waals surface area contributed by atoms with Crippen LogP contribution in [0.25, 0.3) is 0 Å². The van der Waals surface area contributed by atoms with Crippen LogP contribution in [0.1, 0.15) is 28.2 Å². The van der Waals surface area contributed by atoms with Crippen LogP contribution < -0.4 is 10.1 Å². The van der Waals surface area contributed by atoms with Crippen LogP contribution in [-0.2, 0) is 9.53 Å². The molecule has 1 N–H and O–H groups in total. The van der Waals surface area contributed by atoms with Crippen molar-refractivity contribution in [1.82, 2.24) is 5.32 Å². The normalized spacial score (nSPS) is 11.6. The Hall–Kier alpha value is -1.86. The number of hydrogen-bond donors (Lipinski definition) is 1. The number of carbonyl (C=O) groups excluding carboxylic acids is 2. The van der Waals surface area contributed by atoms with Gasteiger partial charge >= 0.3 is 5.97 Å². The van der Waals surface area contributed by atoms with Crippen molar-refractivity contribution in [1.29, 1.82) is 0 Å². The summed E-state index contributed by atoms with van der Waals surface area (Å²) in [7, 11) is 1.51. The highest BCUT2D eigenvalue weighted by atomic mass is 79.9. The summed E-state index contributed by atoms with van der Waals surface area (Å²) in [5.41, 5.74) is 0.309. The van der Waals surface area contributed by atoms with Crippen LogP contribution in [0.3, 0.4) is 0 Å². The first-order valence-electron chi connectivity index (χ1n) is 6.84. The molecule has 0 fully saturated rings. The number of carbonyl (C=O) groups is 2. The lowest BCUT2D eigenvalue weighted by Crippen LogP contribution is -2.30. The highest BCUT2D eigenvalue weighted by molar-refractivity contribution is 9.10. The zero-order valence-corrected chi connectivity index (χ0v) is 15.1. The van der Waals surface area contributed by atoms with E-state index < -0.39 is 5.97 Å². The van der Waals surface area contributed by atoms with E-state index in [2.05, 4.69) is 21.2 Å². The number of rotatable bonds is 6. The van der Waals surface area contributed by atoms with Crippen LogP contribution in [0.5, 0.6) is 5.75 Å². The molecule has 7 heteroatoms. The Bertz CT molecular complexity index is 687. The molecule has 0 saturated heterocycles. The molecule has 2 rings (SSSR count). The average Bonchev–Trinajstić information content (AvgIpc) is 3.07. The molecule has 5 nitrogen and oxygen atoms in total. The minimum absolute atomic E-state index is 0.121. The second-order valence-electron chi connectivity index (χ2n) is 4.73. The summed E-state index contributed by atoms with van der Waals surface area (Å²) in [6.07, 6.45) is 0. The number of halogens is 1. The lowest BCUT2D eigenvalue weighted by molar-refractivity contribution is -0.124. The van der Waals surface area contributed by atoms with Gasteiger partial charge in [-0.3, -0.25) is 4.79 Å². The molecule has 0 radical (unpaired) electrons. The van der Waals surface area contributed by atoms with Crippen molar-refractivity contribution in [2.24, 2.45) is 0 Å². The van der Waals surface area contributed by atoms with Gasteiger partial charge in [-0.1, -0.05) is 6.07 Å². The van der Waals surface area contributed by atoms with E-state index in [0.717, 1.165) is 4.88 Å². The van der Waals surface area contributed by atoms with Crippen molar-refractivity contribution in [3.8, 4) is 5.75 Å². The van der Waals surface area contributed by atoms with Gasteiger partial charge in [0.25, 0.3) is 5.91 Å². The van der Waals surface area contributed by atoms with Gasteiger partial charge in [-0.2, -0.15) is 0 Å². The molecule has 23 heavy (non-hydrogen) atoms. The van der Waals surface area contributed by atoms with Gasteiger partial charge in [-0.15, -0.1) is 11.3 Å². The molecular weight excluding hydrogens is 382 g/mol. The number of ether oxygens (including phenoxy) is 2. The fraction of sp³-hybridized carbons (Fsp3) is 0.250. The minimum Gasteiger partial charge on any atom is -0.497 e. The number of nitrogens with one attached hydrogen (secondary N) is 1. The SMILES string of the molecule is COc1ccc(Br)c(C(=O)OCC(=O)N[C@H](C)c2cccs2)c1. The van der Waals surface area contributed by atoms with Gasteiger partial charge in [0.05, 0.1) is 18.7 Å². The summed E-state index contributed by atoms with van der Waals surface area (Å²) in [6.45, 7) is 1.54. The maximum absolute atomic E-state index is 12.1. The van der Waals surface area contributed by atoms with Gasteiger partial charge in [-0.25, -0.2) is 4.79 Å². The average molecular weight is 398 g/mol. The van der Waals surface area contributed by atoms with E-state index in [1.54, 1.807) is 29.5 Å². The Morgan fingerprint density at radius 1 is 1.35 bits per heavy atom. The van der Waals surface area contributed by atoms with Crippen LogP contribution in [0.2, 0.25) is 0 Å². The molecule has 0 aliphatic carbocycles. The summed E-state index contributed by atoms with van der Waals surface area (Å²) in [6, 6.07) is 8.70. The minimum atomic E-state index is -0.588. The third kappa shape index (κ3) is 4.80. The van der Waals surface area contributed by atoms with Crippen LogP contribution >= 0.6 is 27.3 Å². The summed E-state index contributed by atoms with van der Waals surface area (Å²) in [5, 5.41) is 4.73. The Balaban J connectivity index is 1.90. The van der Waals surface area contributed by atoms with E-state index in [1.165, 1.54) is 7.11 Å². The van der Waals surface area contributed by atoms with Crippen LogP contribution in [-0.4, -0.2) is 25.6 Å². The molecule has 0 unspecified atom stereocenters. The van der Waals surface area contributed by atoms with Gasteiger partial charge in [-0.05, 0) is 52.5 Å². The first kappa shape index (κ1) is 17.5. The second-order valence-corrected chi connectivity index (χ2v) is 6.56.